The Morgan fingerprint density at radius 1 is 0.941 bits per heavy atom. The van der Waals surface area contributed by atoms with Crippen LogP contribution < -0.4 is 14.2 Å². The SMILES string of the molecule is CC1=[C-]C(C)C(C)=C1C.COc1cc(OC)c(-c2c[cH-]c3ccccc23)c(OC)c1.C[Si](C)=[Zr+2]. The van der Waals surface area contributed by atoms with Gasteiger partial charge in [-0.15, -0.1) is 53.6 Å². The van der Waals surface area contributed by atoms with Crippen molar-refractivity contribution in [3.63, 3.8) is 0 Å². The predicted octanol–water partition coefficient (Wildman–Crippen LogP) is 7.76. The van der Waals surface area contributed by atoms with E-state index in [0.29, 0.717) is 11.7 Å². The molecule has 1 aliphatic carbocycles. The topological polar surface area (TPSA) is 27.7 Å². The molecule has 0 N–H and O–H groups in total. The van der Waals surface area contributed by atoms with Crippen LogP contribution in [0.5, 0.6) is 17.2 Å². The minimum atomic E-state index is 0.210. The fraction of sp³-hybridized carbons (Fsp3) is 0.345. The van der Waals surface area contributed by atoms with E-state index in [0.717, 1.165) is 22.6 Å². The second-order valence-electron chi connectivity index (χ2n) is 8.54. The minimum absolute atomic E-state index is 0.210. The Balaban J connectivity index is 0.000000260. The van der Waals surface area contributed by atoms with Crippen LogP contribution in [0.4, 0.5) is 0 Å². The third kappa shape index (κ3) is 7.02. The molecule has 0 aromatic heterocycles. The van der Waals surface area contributed by atoms with Crippen molar-refractivity contribution in [2.24, 2.45) is 5.92 Å². The van der Waals surface area contributed by atoms with Crippen LogP contribution in [-0.2, 0) is 23.3 Å². The average molecular weight is 552 g/mol. The second kappa shape index (κ2) is 13.2. The molecule has 1 unspecified atom stereocenters. The third-order valence-electron chi connectivity index (χ3n) is 5.90. The van der Waals surface area contributed by atoms with Crippen molar-refractivity contribution in [1.29, 1.82) is 0 Å². The van der Waals surface area contributed by atoms with Crippen LogP contribution in [0.1, 0.15) is 27.7 Å². The van der Waals surface area contributed by atoms with Gasteiger partial charge in [0.25, 0.3) is 0 Å². The van der Waals surface area contributed by atoms with Crippen molar-refractivity contribution in [2.75, 3.05) is 21.3 Å². The number of hydrogen-bond acceptors (Lipinski definition) is 3. The number of methoxy groups -OCH3 is 3. The van der Waals surface area contributed by atoms with Gasteiger partial charge in [0.2, 0.25) is 0 Å². The maximum absolute atomic E-state index is 5.54. The molecule has 0 fully saturated rings. The monoisotopic (exact) mass is 550 g/mol. The summed E-state index contributed by atoms with van der Waals surface area (Å²) in [6, 6.07) is 16.2. The summed E-state index contributed by atoms with van der Waals surface area (Å²) < 4.78 is 16.4. The normalized spacial score (nSPS) is 14.6. The van der Waals surface area contributed by atoms with Crippen LogP contribution >= 0.6 is 0 Å². The fourth-order valence-electron chi connectivity index (χ4n) is 3.80. The van der Waals surface area contributed by atoms with Crippen LogP contribution in [0.2, 0.25) is 13.1 Å². The molecule has 0 bridgehead atoms. The fourth-order valence-corrected chi connectivity index (χ4v) is 3.80. The van der Waals surface area contributed by atoms with Gasteiger partial charge in [-0.2, -0.15) is 11.1 Å². The van der Waals surface area contributed by atoms with Crippen molar-refractivity contribution < 1.29 is 37.5 Å². The standard InChI is InChI=1S/C18H17O3.C9H13.C2H6Si.Zr/c1-19-13-10-16(20-2)18(17(11-13)21-3)15-9-8-12-6-4-5-7-14(12)15;1-6-5-7(2)9(4)8(6)3;1-3-2;/h4-11H,1-3H3;6H,1-4H3;1-2H3;/q2*-1;;+2. The average Bonchev–Trinajstić information content (AvgIpc) is 3.34. The van der Waals surface area contributed by atoms with Gasteiger partial charge < -0.3 is 14.2 Å². The molecular weight excluding hydrogens is 516 g/mol. The van der Waals surface area contributed by atoms with Crippen LogP contribution in [-0.4, -0.2) is 26.8 Å². The van der Waals surface area contributed by atoms with Crippen molar-refractivity contribution in [3.8, 4) is 28.4 Å². The Hall–Kier alpha value is -1.97. The number of hydrogen-bond donors (Lipinski definition) is 0. The van der Waals surface area contributed by atoms with Gasteiger partial charge in [0, 0.05) is 17.7 Å². The van der Waals surface area contributed by atoms with Crippen LogP contribution in [0.25, 0.3) is 21.9 Å². The van der Waals surface area contributed by atoms with E-state index in [1.165, 1.54) is 27.5 Å². The summed E-state index contributed by atoms with van der Waals surface area (Å²) in [6.45, 7) is 13.3. The van der Waals surface area contributed by atoms with Crippen molar-refractivity contribution in [2.45, 2.75) is 40.8 Å². The maximum atomic E-state index is 5.54. The number of benzene rings is 2. The molecule has 5 heteroatoms. The Morgan fingerprint density at radius 3 is 1.91 bits per heavy atom. The zero-order valence-corrected chi connectivity index (χ0v) is 25.4. The first-order valence-electron chi connectivity index (χ1n) is 11.4. The van der Waals surface area contributed by atoms with Gasteiger partial charge in [-0.1, -0.05) is 32.8 Å². The first kappa shape index (κ1) is 28.3. The van der Waals surface area contributed by atoms with E-state index in [2.05, 4.69) is 71.1 Å². The van der Waals surface area contributed by atoms with Gasteiger partial charge in [-0.3, -0.25) is 6.08 Å². The van der Waals surface area contributed by atoms with E-state index in [-0.39, 0.29) is 5.43 Å². The molecular formula is C29H36O3SiZr. The molecule has 0 aliphatic heterocycles. The van der Waals surface area contributed by atoms with Crippen LogP contribution in [0.3, 0.4) is 0 Å². The number of allylic oxidation sites excluding steroid dienone is 4. The van der Waals surface area contributed by atoms with E-state index in [9.17, 15) is 0 Å². The molecule has 1 atom stereocenters. The van der Waals surface area contributed by atoms with Gasteiger partial charge in [-0.05, 0) is 0 Å². The zero-order valence-electron chi connectivity index (χ0n) is 21.9. The molecule has 178 valence electrons. The third-order valence-corrected chi connectivity index (χ3v) is 5.90. The van der Waals surface area contributed by atoms with Gasteiger partial charge in [0.1, 0.15) is 17.2 Å². The Labute approximate surface area is 220 Å². The van der Waals surface area contributed by atoms with Crippen molar-refractivity contribution >= 4 is 16.2 Å². The molecule has 0 radical (unpaired) electrons. The number of rotatable bonds is 4. The molecule has 3 nitrogen and oxygen atoms in total. The van der Waals surface area contributed by atoms with E-state index >= 15 is 0 Å². The van der Waals surface area contributed by atoms with E-state index in [4.69, 9.17) is 14.2 Å². The summed E-state index contributed by atoms with van der Waals surface area (Å²) in [4.78, 5) is 0. The molecule has 0 heterocycles. The van der Waals surface area contributed by atoms with E-state index < -0.39 is 0 Å². The van der Waals surface area contributed by atoms with Crippen LogP contribution in [0, 0.1) is 12.0 Å². The summed E-state index contributed by atoms with van der Waals surface area (Å²) in [7, 11) is 4.94. The van der Waals surface area contributed by atoms with Crippen molar-refractivity contribution in [1.82, 2.24) is 0 Å². The number of fused-ring (bicyclic) bond motifs is 1. The molecule has 34 heavy (non-hydrogen) atoms. The van der Waals surface area contributed by atoms with Crippen LogP contribution in [0.15, 0.2) is 65.3 Å². The summed E-state index contributed by atoms with van der Waals surface area (Å²) >= 11 is 1.74. The zero-order chi connectivity index (χ0) is 25.4. The summed E-state index contributed by atoms with van der Waals surface area (Å²) in [5, 5.41) is 2.38. The summed E-state index contributed by atoms with van der Waals surface area (Å²) in [6.07, 6.45) is 3.36. The Bertz CT molecular complexity index is 1170. The molecule has 1 aliphatic rings. The molecule has 3 aromatic carbocycles. The molecule has 4 rings (SSSR count). The Kier molecular flexibility index (Phi) is 11.0. The molecule has 3 aromatic rings. The molecule has 0 spiro atoms. The Morgan fingerprint density at radius 2 is 1.50 bits per heavy atom. The quantitative estimate of drug-likeness (QED) is 0.245. The summed E-state index contributed by atoms with van der Waals surface area (Å²) in [5.41, 5.74) is 6.50. The van der Waals surface area contributed by atoms with Gasteiger partial charge >= 0.3 is 41.9 Å². The summed E-state index contributed by atoms with van der Waals surface area (Å²) in [5.74, 6) is 2.75. The van der Waals surface area contributed by atoms with Gasteiger partial charge in [-0.25, -0.2) is 5.57 Å². The first-order chi connectivity index (χ1) is 16.1. The molecule has 0 amide bonds. The van der Waals surface area contributed by atoms with E-state index in [1.807, 2.05) is 24.3 Å². The van der Waals surface area contributed by atoms with Gasteiger partial charge in [0.05, 0.1) is 21.3 Å². The van der Waals surface area contributed by atoms with Crippen molar-refractivity contribution in [3.05, 3.63) is 71.3 Å². The number of ether oxygens (including phenoxy) is 3. The first-order valence-corrected chi connectivity index (χ1v) is 17.6. The molecule has 0 saturated carbocycles. The molecule has 0 saturated heterocycles. The second-order valence-corrected chi connectivity index (χ2v) is 17.9. The predicted molar refractivity (Wildman–Crippen MR) is 142 cm³/mol. The van der Waals surface area contributed by atoms with Gasteiger partial charge in [0.15, 0.2) is 0 Å². The van der Waals surface area contributed by atoms with E-state index in [1.54, 1.807) is 44.7 Å².